The van der Waals surface area contributed by atoms with Crippen molar-refractivity contribution in [3.05, 3.63) is 58.1 Å². The van der Waals surface area contributed by atoms with E-state index in [0.29, 0.717) is 16.6 Å². The van der Waals surface area contributed by atoms with Gasteiger partial charge in [-0.15, -0.1) is 0 Å². The van der Waals surface area contributed by atoms with Crippen molar-refractivity contribution in [3.8, 4) is 0 Å². The third-order valence-corrected chi connectivity index (χ3v) is 4.58. The van der Waals surface area contributed by atoms with Gasteiger partial charge in [-0.1, -0.05) is 47.5 Å². The summed E-state index contributed by atoms with van der Waals surface area (Å²) >= 11 is 11.9. The fourth-order valence-corrected chi connectivity index (χ4v) is 2.84. The number of benzene rings is 1. The van der Waals surface area contributed by atoms with Crippen LogP contribution in [0.25, 0.3) is 0 Å². The summed E-state index contributed by atoms with van der Waals surface area (Å²) in [5, 5.41) is 4.04. The number of carbonyl (C=O) groups excluding carboxylic acids is 1. The Morgan fingerprint density at radius 2 is 2.17 bits per heavy atom. The molecule has 0 spiro atoms. The summed E-state index contributed by atoms with van der Waals surface area (Å²) < 4.78 is 5.46. The van der Waals surface area contributed by atoms with Gasteiger partial charge in [-0.3, -0.25) is 4.79 Å². The average molecular weight is 368 g/mol. The highest BCUT2D eigenvalue weighted by atomic mass is 35.5. The minimum atomic E-state index is -0.0778. The number of allylic oxidation sites excluding steroid dienone is 3. The van der Waals surface area contributed by atoms with E-state index in [1.54, 1.807) is 12.2 Å². The van der Waals surface area contributed by atoms with Crippen LogP contribution in [0.2, 0.25) is 10.0 Å². The number of ether oxygens (including phenoxy) is 1. The van der Waals surface area contributed by atoms with Crippen LogP contribution < -0.4 is 5.32 Å². The summed E-state index contributed by atoms with van der Waals surface area (Å²) in [6.45, 7) is 1.40. The Balaban J connectivity index is 1.57. The van der Waals surface area contributed by atoms with Crippen molar-refractivity contribution in [1.29, 1.82) is 0 Å². The molecular weight excluding hydrogens is 345 g/mol. The molecule has 2 rings (SSSR count). The standard InChI is InChI=1S/C19H23Cl2NO2/c20-17-11-10-15(13-18(17)21)7-4-2-1-3-5-9-19(23)22-14-16-8-6-12-24-16/h1,3,5,9-11,13,16H,2,4,6-8,12,14H2,(H,22,23). The second kappa shape index (κ2) is 10.5. The monoisotopic (exact) mass is 367 g/mol. The van der Waals surface area contributed by atoms with Crippen molar-refractivity contribution in [2.24, 2.45) is 0 Å². The quantitative estimate of drug-likeness (QED) is 0.410. The summed E-state index contributed by atoms with van der Waals surface area (Å²) in [5.41, 5.74) is 1.18. The lowest BCUT2D eigenvalue weighted by atomic mass is 10.1. The molecule has 0 bridgehead atoms. The summed E-state index contributed by atoms with van der Waals surface area (Å²) in [7, 11) is 0. The molecule has 1 aromatic rings. The van der Waals surface area contributed by atoms with Crippen LogP contribution in [0.4, 0.5) is 0 Å². The van der Waals surface area contributed by atoms with Crippen LogP contribution in [0.3, 0.4) is 0 Å². The molecule has 0 saturated carbocycles. The zero-order chi connectivity index (χ0) is 17.2. The molecule has 1 aliphatic heterocycles. The number of aryl methyl sites for hydroxylation is 1. The molecule has 1 fully saturated rings. The Hall–Kier alpha value is -1.29. The van der Waals surface area contributed by atoms with E-state index in [1.807, 2.05) is 24.3 Å². The molecule has 1 aromatic carbocycles. The number of nitrogens with one attached hydrogen (secondary N) is 1. The van der Waals surface area contributed by atoms with Crippen molar-refractivity contribution in [1.82, 2.24) is 5.32 Å². The van der Waals surface area contributed by atoms with Crippen LogP contribution in [0.15, 0.2) is 42.5 Å². The Labute approximate surface area is 153 Å². The lowest BCUT2D eigenvalue weighted by molar-refractivity contribution is -0.117. The van der Waals surface area contributed by atoms with E-state index in [0.717, 1.165) is 38.7 Å². The smallest absolute Gasteiger partial charge is 0.244 e. The molecule has 1 unspecified atom stereocenters. The van der Waals surface area contributed by atoms with Crippen molar-refractivity contribution in [3.63, 3.8) is 0 Å². The molecule has 1 saturated heterocycles. The molecule has 1 aliphatic rings. The maximum atomic E-state index is 11.6. The summed E-state index contributed by atoms with van der Waals surface area (Å²) in [4.78, 5) is 11.6. The highest BCUT2D eigenvalue weighted by molar-refractivity contribution is 6.42. The van der Waals surface area contributed by atoms with Gasteiger partial charge >= 0.3 is 0 Å². The van der Waals surface area contributed by atoms with Crippen molar-refractivity contribution in [2.45, 2.75) is 38.2 Å². The molecule has 1 heterocycles. The normalized spacial score (nSPS) is 17.8. The molecule has 1 N–H and O–H groups in total. The minimum absolute atomic E-state index is 0.0778. The van der Waals surface area contributed by atoms with E-state index in [-0.39, 0.29) is 12.0 Å². The Kier molecular flexibility index (Phi) is 8.37. The third kappa shape index (κ3) is 7.08. The van der Waals surface area contributed by atoms with Crippen molar-refractivity contribution in [2.75, 3.05) is 13.2 Å². The second-order valence-electron chi connectivity index (χ2n) is 5.81. The van der Waals surface area contributed by atoms with Crippen LogP contribution >= 0.6 is 23.2 Å². The molecule has 130 valence electrons. The Morgan fingerprint density at radius 1 is 1.29 bits per heavy atom. The zero-order valence-electron chi connectivity index (χ0n) is 13.6. The van der Waals surface area contributed by atoms with Gasteiger partial charge in [-0.25, -0.2) is 0 Å². The number of rotatable bonds is 8. The minimum Gasteiger partial charge on any atom is -0.376 e. The highest BCUT2D eigenvalue weighted by Crippen LogP contribution is 2.23. The first-order chi connectivity index (χ1) is 11.6. The lowest BCUT2D eigenvalue weighted by Gasteiger charge is -2.08. The van der Waals surface area contributed by atoms with Crippen molar-refractivity contribution < 1.29 is 9.53 Å². The number of halogens is 2. The molecule has 5 heteroatoms. The maximum absolute atomic E-state index is 11.6. The van der Waals surface area contributed by atoms with Crippen LogP contribution in [-0.2, 0) is 16.0 Å². The fourth-order valence-electron chi connectivity index (χ4n) is 2.52. The summed E-state index contributed by atoms with van der Waals surface area (Å²) in [5.74, 6) is -0.0778. The van der Waals surface area contributed by atoms with Gasteiger partial charge in [0, 0.05) is 19.2 Å². The Bertz CT molecular complexity index is 593. The largest absolute Gasteiger partial charge is 0.376 e. The average Bonchev–Trinajstić information content (AvgIpc) is 3.09. The van der Waals surface area contributed by atoms with E-state index in [9.17, 15) is 4.79 Å². The summed E-state index contributed by atoms with van der Waals surface area (Å²) in [6.07, 6.45) is 12.5. The zero-order valence-corrected chi connectivity index (χ0v) is 15.2. The fraction of sp³-hybridized carbons (Fsp3) is 0.421. The number of hydrogen-bond donors (Lipinski definition) is 1. The van der Waals surface area contributed by atoms with Gasteiger partial charge in [0.15, 0.2) is 0 Å². The van der Waals surface area contributed by atoms with E-state index in [2.05, 4.69) is 11.4 Å². The van der Waals surface area contributed by atoms with Crippen LogP contribution in [0.1, 0.15) is 31.2 Å². The predicted molar refractivity (Wildman–Crippen MR) is 99.7 cm³/mol. The second-order valence-corrected chi connectivity index (χ2v) is 6.62. The van der Waals surface area contributed by atoms with Crippen LogP contribution in [0, 0.1) is 0 Å². The van der Waals surface area contributed by atoms with Gasteiger partial charge in [0.2, 0.25) is 5.91 Å². The summed E-state index contributed by atoms with van der Waals surface area (Å²) in [6, 6.07) is 5.73. The number of hydrogen-bond acceptors (Lipinski definition) is 2. The van der Waals surface area contributed by atoms with Gasteiger partial charge in [0.05, 0.1) is 16.1 Å². The lowest BCUT2D eigenvalue weighted by Crippen LogP contribution is -2.30. The SMILES string of the molecule is O=C(C=CC=CCCCc1ccc(Cl)c(Cl)c1)NCC1CCCO1. The van der Waals surface area contributed by atoms with E-state index in [4.69, 9.17) is 27.9 Å². The first-order valence-corrected chi connectivity index (χ1v) is 9.07. The molecule has 1 atom stereocenters. The highest BCUT2D eigenvalue weighted by Gasteiger charge is 2.15. The molecule has 0 radical (unpaired) electrons. The topological polar surface area (TPSA) is 38.3 Å². The molecule has 0 aromatic heterocycles. The van der Waals surface area contributed by atoms with E-state index in [1.165, 1.54) is 5.56 Å². The molecule has 3 nitrogen and oxygen atoms in total. The molecule has 1 amide bonds. The van der Waals surface area contributed by atoms with Gasteiger partial charge < -0.3 is 10.1 Å². The molecular formula is C19H23Cl2NO2. The van der Waals surface area contributed by atoms with Gasteiger partial charge in [0.25, 0.3) is 0 Å². The molecule has 24 heavy (non-hydrogen) atoms. The van der Waals surface area contributed by atoms with Gasteiger partial charge in [0.1, 0.15) is 0 Å². The molecule has 0 aliphatic carbocycles. The van der Waals surface area contributed by atoms with E-state index >= 15 is 0 Å². The first kappa shape index (κ1) is 19.0. The van der Waals surface area contributed by atoms with Gasteiger partial charge in [-0.2, -0.15) is 0 Å². The first-order valence-electron chi connectivity index (χ1n) is 8.32. The Morgan fingerprint density at radius 3 is 2.92 bits per heavy atom. The van der Waals surface area contributed by atoms with Gasteiger partial charge in [-0.05, 0) is 49.8 Å². The maximum Gasteiger partial charge on any atom is 0.244 e. The number of carbonyl (C=O) groups is 1. The predicted octanol–water partition coefficient (Wildman–Crippen LogP) is 4.72. The van der Waals surface area contributed by atoms with Crippen LogP contribution in [0.5, 0.6) is 0 Å². The van der Waals surface area contributed by atoms with Crippen LogP contribution in [-0.4, -0.2) is 25.2 Å². The van der Waals surface area contributed by atoms with Crippen molar-refractivity contribution >= 4 is 29.1 Å². The third-order valence-electron chi connectivity index (χ3n) is 3.84. The number of amides is 1. The number of unbranched alkanes of at least 4 members (excludes halogenated alkanes) is 1. The van der Waals surface area contributed by atoms with E-state index < -0.39 is 0 Å².